The van der Waals surface area contributed by atoms with Gasteiger partial charge in [0.05, 0.1) is 39.8 Å². The van der Waals surface area contributed by atoms with Crippen molar-refractivity contribution in [3.63, 3.8) is 0 Å². The summed E-state index contributed by atoms with van der Waals surface area (Å²) in [5.74, 6) is -2.66. The number of allylic oxidation sites excluding steroid dienone is 1. The summed E-state index contributed by atoms with van der Waals surface area (Å²) in [6, 6.07) is 12.9. The van der Waals surface area contributed by atoms with Gasteiger partial charge in [-0.05, 0) is 61.4 Å². The minimum atomic E-state index is -2.74. The lowest BCUT2D eigenvalue weighted by Crippen LogP contribution is -2.49. The second kappa shape index (κ2) is 14.6. The molecule has 2 aromatic rings. The van der Waals surface area contributed by atoms with Gasteiger partial charge in [0.25, 0.3) is 0 Å². The van der Waals surface area contributed by atoms with Gasteiger partial charge in [0.2, 0.25) is 0 Å². The first-order valence-electron chi connectivity index (χ1n) is 14.2. The smallest absolute Gasteiger partial charge is 0.336 e. The normalized spacial score (nSPS) is 21.0. The number of fused-ring (bicyclic) bond motifs is 2. The van der Waals surface area contributed by atoms with Crippen LogP contribution in [-0.2, 0) is 33.0 Å². The summed E-state index contributed by atoms with van der Waals surface area (Å²) in [7, 11) is 5.02. The zero-order chi connectivity index (χ0) is 32.7. The van der Waals surface area contributed by atoms with Gasteiger partial charge in [0, 0.05) is 24.2 Å². The molecule has 2 aliphatic rings. The summed E-state index contributed by atoms with van der Waals surface area (Å²) in [6.07, 6.45) is 4.08. The molecule has 5 N–H and O–H groups in total. The van der Waals surface area contributed by atoms with Gasteiger partial charge >= 0.3 is 17.9 Å². The van der Waals surface area contributed by atoms with Gasteiger partial charge in [-0.15, -0.1) is 6.58 Å². The topological polar surface area (TPSA) is 183 Å². The number of carboxylic acid groups (broad SMARTS) is 3. The fourth-order valence-electron chi connectivity index (χ4n) is 6.14. The molecule has 0 saturated carbocycles. The van der Waals surface area contributed by atoms with E-state index in [0.717, 1.165) is 67.0 Å². The molecule has 0 amide bonds. The predicted molar refractivity (Wildman–Crippen MR) is 159 cm³/mol. The molecule has 2 heterocycles. The summed E-state index contributed by atoms with van der Waals surface area (Å²) >= 11 is 0. The Balaban J connectivity index is 0.000000345. The first-order valence-corrected chi connectivity index (χ1v) is 14.2. The summed E-state index contributed by atoms with van der Waals surface area (Å²) in [6.45, 7) is 4.73. The van der Waals surface area contributed by atoms with Crippen molar-refractivity contribution in [2.45, 2.75) is 74.8 Å². The number of aliphatic carboxylic acids is 3. The van der Waals surface area contributed by atoms with Crippen molar-refractivity contribution in [3.05, 3.63) is 65.7 Å². The van der Waals surface area contributed by atoms with Gasteiger partial charge in [0.1, 0.15) is 5.75 Å². The second-order valence-electron chi connectivity index (χ2n) is 11.2. The SMILES string of the molecule is C=CCc1cc(CN2C3CCC2CC(O)(c2ccc(OC)cc2)C3)cc(OC)c1OC.O=C(O)CC(O)(CC(=O)O)C(=O)O. The summed E-state index contributed by atoms with van der Waals surface area (Å²) in [5.41, 5.74) is -0.228. The van der Waals surface area contributed by atoms with Crippen molar-refractivity contribution in [2.75, 3.05) is 21.3 Å². The minimum absolute atomic E-state index is 0.363. The number of aliphatic hydroxyl groups is 2. The summed E-state index contributed by atoms with van der Waals surface area (Å²) < 4.78 is 16.5. The number of rotatable bonds is 13. The maximum absolute atomic E-state index is 11.5. The maximum atomic E-state index is 11.5. The molecule has 2 aromatic carbocycles. The van der Waals surface area contributed by atoms with Crippen LogP contribution in [0.2, 0.25) is 0 Å². The molecule has 0 radical (unpaired) electrons. The van der Waals surface area contributed by atoms with Gasteiger partial charge in [-0.1, -0.05) is 24.3 Å². The van der Waals surface area contributed by atoms with Crippen molar-refractivity contribution < 1.29 is 54.1 Å². The van der Waals surface area contributed by atoms with Gasteiger partial charge in [-0.25, -0.2) is 4.79 Å². The van der Waals surface area contributed by atoms with Crippen LogP contribution in [0.5, 0.6) is 17.2 Å². The number of hydrogen-bond acceptors (Lipinski definition) is 9. The molecule has 12 heteroatoms. The van der Waals surface area contributed by atoms with Crippen molar-refractivity contribution in [1.29, 1.82) is 0 Å². The predicted octanol–water partition coefficient (Wildman–Crippen LogP) is 3.21. The molecule has 240 valence electrons. The third-order valence-electron chi connectivity index (χ3n) is 8.18. The number of benzene rings is 2. The molecule has 2 unspecified atom stereocenters. The van der Waals surface area contributed by atoms with E-state index >= 15 is 0 Å². The van der Waals surface area contributed by atoms with E-state index < -0.39 is 42.0 Å². The van der Waals surface area contributed by atoms with Crippen LogP contribution in [0, 0.1) is 0 Å². The van der Waals surface area contributed by atoms with E-state index in [4.69, 9.17) is 34.6 Å². The van der Waals surface area contributed by atoms with Crippen LogP contribution in [-0.4, -0.2) is 87.4 Å². The number of nitrogens with zero attached hydrogens (tertiary/aromatic N) is 1. The lowest BCUT2D eigenvalue weighted by atomic mass is 9.80. The number of hydrogen-bond donors (Lipinski definition) is 5. The van der Waals surface area contributed by atoms with E-state index in [0.29, 0.717) is 12.1 Å². The molecule has 0 aromatic heterocycles. The zero-order valence-corrected chi connectivity index (χ0v) is 25.2. The number of carbonyl (C=O) groups is 3. The highest BCUT2D eigenvalue weighted by atomic mass is 16.5. The third-order valence-corrected chi connectivity index (χ3v) is 8.18. The lowest BCUT2D eigenvalue weighted by Gasteiger charge is -2.44. The van der Waals surface area contributed by atoms with E-state index in [9.17, 15) is 19.5 Å². The molecule has 2 aliphatic heterocycles. The highest BCUT2D eigenvalue weighted by Gasteiger charge is 2.48. The molecule has 2 fully saturated rings. The standard InChI is InChI=1S/C26H33NO4.C6H8O7/c1-5-6-19-13-18(14-24(30-3)25(19)31-4)17-27-21-9-10-22(27)16-26(28,15-21)20-7-11-23(29-2)12-8-20;7-3(8)1-6(13,5(11)12)2-4(9)10/h5,7-8,11-14,21-22,28H,1,6,9-10,15-17H2,2-4H3;13H,1-2H2,(H,7,8)(H,9,10)(H,11,12). The van der Waals surface area contributed by atoms with Crippen LogP contribution in [0.4, 0.5) is 0 Å². The lowest BCUT2D eigenvalue weighted by molar-refractivity contribution is -0.170. The molecule has 2 atom stereocenters. The van der Waals surface area contributed by atoms with Crippen molar-refractivity contribution in [1.82, 2.24) is 4.90 Å². The molecule has 0 aliphatic carbocycles. The fraction of sp³-hybridized carbons (Fsp3) is 0.469. The fourth-order valence-corrected chi connectivity index (χ4v) is 6.14. The molecule has 44 heavy (non-hydrogen) atoms. The van der Waals surface area contributed by atoms with Gasteiger partial charge in [-0.3, -0.25) is 14.5 Å². The van der Waals surface area contributed by atoms with E-state index in [1.807, 2.05) is 30.3 Å². The average molecular weight is 616 g/mol. The monoisotopic (exact) mass is 615 g/mol. The zero-order valence-electron chi connectivity index (χ0n) is 25.2. The Morgan fingerprint density at radius 2 is 1.52 bits per heavy atom. The molecule has 0 spiro atoms. The first kappa shape index (κ1) is 34.4. The molecule has 2 bridgehead atoms. The Labute approximate surface area is 256 Å². The number of ether oxygens (including phenoxy) is 3. The van der Waals surface area contributed by atoms with E-state index in [1.165, 1.54) is 5.56 Å². The Morgan fingerprint density at radius 3 is 1.95 bits per heavy atom. The number of carboxylic acids is 3. The van der Waals surface area contributed by atoms with E-state index in [-0.39, 0.29) is 0 Å². The minimum Gasteiger partial charge on any atom is -0.497 e. The van der Waals surface area contributed by atoms with Crippen LogP contribution in [0.3, 0.4) is 0 Å². The van der Waals surface area contributed by atoms with Crippen LogP contribution in [0.1, 0.15) is 55.2 Å². The summed E-state index contributed by atoms with van der Waals surface area (Å²) in [5, 5.41) is 45.3. The Bertz CT molecular complexity index is 1310. The summed E-state index contributed by atoms with van der Waals surface area (Å²) in [4.78, 5) is 33.1. The second-order valence-corrected chi connectivity index (χ2v) is 11.2. The number of methoxy groups -OCH3 is 3. The van der Waals surface area contributed by atoms with Gasteiger partial charge in [0.15, 0.2) is 17.1 Å². The van der Waals surface area contributed by atoms with E-state index in [1.54, 1.807) is 21.3 Å². The van der Waals surface area contributed by atoms with Crippen LogP contribution in [0.15, 0.2) is 49.1 Å². The molecule has 4 rings (SSSR count). The maximum Gasteiger partial charge on any atom is 0.336 e. The van der Waals surface area contributed by atoms with Crippen LogP contribution >= 0.6 is 0 Å². The Hall–Kier alpha value is -4.13. The molecule has 2 saturated heterocycles. The molecular weight excluding hydrogens is 574 g/mol. The molecule has 12 nitrogen and oxygen atoms in total. The Kier molecular flexibility index (Phi) is 11.4. The highest BCUT2D eigenvalue weighted by molar-refractivity contribution is 5.88. The first-order chi connectivity index (χ1) is 20.8. The molecular formula is C32H41NO11. The average Bonchev–Trinajstić information content (AvgIpc) is 3.20. The quantitative estimate of drug-likeness (QED) is 0.208. The van der Waals surface area contributed by atoms with Crippen LogP contribution < -0.4 is 14.2 Å². The van der Waals surface area contributed by atoms with E-state index in [2.05, 4.69) is 23.6 Å². The van der Waals surface area contributed by atoms with Crippen molar-refractivity contribution in [2.24, 2.45) is 0 Å². The van der Waals surface area contributed by atoms with Crippen molar-refractivity contribution >= 4 is 17.9 Å². The number of piperidine rings is 1. The van der Waals surface area contributed by atoms with Gasteiger partial charge < -0.3 is 39.7 Å². The highest BCUT2D eigenvalue weighted by Crippen LogP contribution is 2.47. The largest absolute Gasteiger partial charge is 0.497 e. The van der Waals surface area contributed by atoms with Crippen LogP contribution in [0.25, 0.3) is 0 Å². The van der Waals surface area contributed by atoms with Gasteiger partial charge in [-0.2, -0.15) is 0 Å². The third kappa shape index (κ3) is 8.07. The van der Waals surface area contributed by atoms with Crippen molar-refractivity contribution in [3.8, 4) is 17.2 Å². The Morgan fingerprint density at radius 1 is 0.955 bits per heavy atom.